The first-order valence-electron chi connectivity index (χ1n) is 10.0. The van der Waals surface area contributed by atoms with Gasteiger partial charge in [0, 0.05) is 6.54 Å². The van der Waals surface area contributed by atoms with Gasteiger partial charge in [0.15, 0.2) is 5.16 Å². The summed E-state index contributed by atoms with van der Waals surface area (Å²) in [5.41, 5.74) is 2.42. The molecule has 3 rings (SSSR count). The largest absolute Gasteiger partial charge is 0.355 e. The summed E-state index contributed by atoms with van der Waals surface area (Å²) < 4.78 is 1.65. The normalized spacial score (nSPS) is 11.2. The highest BCUT2D eigenvalue weighted by molar-refractivity contribution is 7.99. The number of fused-ring (bicyclic) bond motifs is 1. The van der Waals surface area contributed by atoms with Crippen molar-refractivity contribution in [3.05, 3.63) is 64.4 Å². The van der Waals surface area contributed by atoms with E-state index >= 15 is 0 Å². The van der Waals surface area contributed by atoms with E-state index in [4.69, 9.17) is 4.98 Å². The van der Waals surface area contributed by atoms with Crippen molar-refractivity contribution in [3.8, 4) is 5.69 Å². The van der Waals surface area contributed by atoms with E-state index in [0.29, 0.717) is 22.6 Å². The Hall–Kier alpha value is -2.60. The van der Waals surface area contributed by atoms with Gasteiger partial charge >= 0.3 is 0 Å². The molecule has 0 aliphatic carbocycles. The standard InChI is InChI=1S/C23H27N3O2S/c1-4-5-14-24-21(27)15-29-23-25-19-12-8-6-11-18(19)22(28)26(23)20-13-9-7-10-17(20)16(2)3/h6-13,16H,4-5,14-15H2,1-3H3,(H,24,27). The van der Waals surface area contributed by atoms with Crippen molar-refractivity contribution in [2.75, 3.05) is 12.3 Å². The maximum atomic E-state index is 13.4. The first-order chi connectivity index (χ1) is 14.0. The molecule has 1 aromatic heterocycles. The number of benzene rings is 2. The predicted molar refractivity (Wildman–Crippen MR) is 120 cm³/mol. The third kappa shape index (κ3) is 4.88. The van der Waals surface area contributed by atoms with Crippen LogP contribution in [0.3, 0.4) is 0 Å². The second kappa shape index (κ2) is 9.74. The summed E-state index contributed by atoms with van der Waals surface area (Å²) >= 11 is 1.30. The van der Waals surface area contributed by atoms with Gasteiger partial charge in [-0.05, 0) is 36.1 Å². The predicted octanol–water partition coefficient (Wildman–Crippen LogP) is 4.52. The van der Waals surface area contributed by atoms with Crippen LogP contribution < -0.4 is 10.9 Å². The fourth-order valence-electron chi connectivity index (χ4n) is 3.19. The van der Waals surface area contributed by atoms with Crippen LogP contribution in [-0.4, -0.2) is 27.8 Å². The fourth-order valence-corrected chi connectivity index (χ4v) is 4.02. The van der Waals surface area contributed by atoms with Crippen LogP contribution in [0.15, 0.2) is 58.5 Å². The molecule has 0 saturated carbocycles. The lowest BCUT2D eigenvalue weighted by Crippen LogP contribution is -2.27. The molecule has 1 amide bonds. The zero-order valence-electron chi connectivity index (χ0n) is 17.1. The van der Waals surface area contributed by atoms with Crippen molar-refractivity contribution in [3.63, 3.8) is 0 Å². The third-order valence-corrected chi connectivity index (χ3v) is 5.67. The van der Waals surface area contributed by atoms with Crippen LogP contribution in [0.4, 0.5) is 0 Å². The van der Waals surface area contributed by atoms with Gasteiger partial charge in [0.05, 0.1) is 22.3 Å². The number of rotatable bonds is 8. The molecule has 0 aliphatic heterocycles. The van der Waals surface area contributed by atoms with Gasteiger partial charge < -0.3 is 5.32 Å². The first kappa shape index (κ1) is 21.1. The fraction of sp³-hybridized carbons (Fsp3) is 0.348. The molecule has 1 heterocycles. The number of hydrogen-bond donors (Lipinski definition) is 1. The second-order valence-electron chi connectivity index (χ2n) is 7.26. The molecule has 0 aliphatic rings. The number of thioether (sulfide) groups is 1. The quantitative estimate of drug-likeness (QED) is 0.338. The molecule has 5 nitrogen and oxygen atoms in total. The zero-order valence-corrected chi connectivity index (χ0v) is 18.0. The molecule has 0 unspecified atom stereocenters. The number of hydrogen-bond acceptors (Lipinski definition) is 4. The molecule has 0 bridgehead atoms. The Bertz CT molecular complexity index is 1060. The summed E-state index contributed by atoms with van der Waals surface area (Å²) in [6.45, 7) is 6.97. The molecule has 0 radical (unpaired) electrons. The minimum Gasteiger partial charge on any atom is -0.355 e. The summed E-state index contributed by atoms with van der Waals surface area (Å²) in [7, 11) is 0. The minimum atomic E-state index is -0.113. The highest BCUT2D eigenvalue weighted by Gasteiger charge is 2.17. The van der Waals surface area contributed by atoms with Gasteiger partial charge in [-0.25, -0.2) is 4.98 Å². The number of carbonyl (C=O) groups excluding carboxylic acids is 1. The van der Waals surface area contributed by atoms with Crippen LogP contribution in [0, 0.1) is 0 Å². The number of para-hydroxylation sites is 2. The Kier molecular flexibility index (Phi) is 7.09. The molecule has 3 aromatic rings. The first-order valence-corrected chi connectivity index (χ1v) is 11.0. The molecule has 6 heteroatoms. The van der Waals surface area contributed by atoms with E-state index in [1.165, 1.54) is 11.8 Å². The maximum Gasteiger partial charge on any atom is 0.266 e. The summed E-state index contributed by atoms with van der Waals surface area (Å²) in [5.74, 6) is 0.424. The molecule has 2 aromatic carbocycles. The monoisotopic (exact) mass is 409 g/mol. The van der Waals surface area contributed by atoms with Gasteiger partial charge in [0.2, 0.25) is 5.91 Å². The van der Waals surface area contributed by atoms with Crippen LogP contribution in [0.1, 0.15) is 45.1 Å². The van der Waals surface area contributed by atoms with E-state index in [-0.39, 0.29) is 23.1 Å². The minimum absolute atomic E-state index is 0.0467. The van der Waals surface area contributed by atoms with E-state index in [1.807, 2.05) is 42.5 Å². The highest BCUT2D eigenvalue weighted by atomic mass is 32.2. The molecule has 0 atom stereocenters. The number of carbonyl (C=O) groups is 1. The van der Waals surface area contributed by atoms with Crippen LogP contribution in [0.25, 0.3) is 16.6 Å². The van der Waals surface area contributed by atoms with Crippen molar-refractivity contribution in [2.24, 2.45) is 0 Å². The Morgan fingerprint density at radius 1 is 1.14 bits per heavy atom. The Balaban J connectivity index is 2.06. The number of unbranched alkanes of at least 4 members (excludes halogenated alkanes) is 1. The summed E-state index contributed by atoms with van der Waals surface area (Å²) in [6.07, 6.45) is 1.99. The van der Waals surface area contributed by atoms with Crippen molar-refractivity contribution in [1.82, 2.24) is 14.9 Å². The van der Waals surface area contributed by atoms with Crippen molar-refractivity contribution < 1.29 is 4.79 Å². The van der Waals surface area contributed by atoms with Crippen molar-refractivity contribution in [2.45, 2.75) is 44.7 Å². The van der Waals surface area contributed by atoms with Gasteiger partial charge in [-0.3, -0.25) is 14.2 Å². The van der Waals surface area contributed by atoms with E-state index < -0.39 is 0 Å². The number of amides is 1. The Morgan fingerprint density at radius 3 is 2.62 bits per heavy atom. The highest BCUT2D eigenvalue weighted by Crippen LogP contribution is 2.27. The molecule has 152 valence electrons. The summed E-state index contributed by atoms with van der Waals surface area (Å²) in [6, 6.07) is 15.2. The van der Waals surface area contributed by atoms with Crippen LogP contribution in [0.5, 0.6) is 0 Å². The van der Waals surface area contributed by atoms with Gasteiger partial charge in [0.25, 0.3) is 5.56 Å². The zero-order chi connectivity index (χ0) is 20.8. The Morgan fingerprint density at radius 2 is 1.86 bits per heavy atom. The number of aromatic nitrogens is 2. The van der Waals surface area contributed by atoms with E-state index in [0.717, 1.165) is 24.1 Å². The van der Waals surface area contributed by atoms with Gasteiger partial charge in [-0.15, -0.1) is 0 Å². The smallest absolute Gasteiger partial charge is 0.266 e. The summed E-state index contributed by atoms with van der Waals surface area (Å²) in [5, 5.41) is 4.03. The lowest BCUT2D eigenvalue weighted by Gasteiger charge is -2.18. The van der Waals surface area contributed by atoms with Crippen LogP contribution in [0.2, 0.25) is 0 Å². The lowest BCUT2D eigenvalue weighted by atomic mass is 10.0. The molecular formula is C23H27N3O2S. The molecule has 0 saturated heterocycles. The van der Waals surface area contributed by atoms with E-state index in [1.54, 1.807) is 10.6 Å². The SMILES string of the molecule is CCCCNC(=O)CSc1nc2ccccc2c(=O)n1-c1ccccc1C(C)C. The number of nitrogens with zero attached hydrogens (tertiary/aromatic N) is 2. The second-order valence-corrected chi connectivity index (χ2v) is 8.20. The number of nitrogens with one attached hydrogen (secondary N) is 1. The van der Waals surface area contributed by atoms with E-state index in [9.17, 15) is 9.59 Å². The van der Waals surface area contributed by atoms with Gasteiger partial charge in [0.1, 0.15) is 0 Å². The van der Waals surface area contributed by atoms with Crippen LogP contribution in [-0.2, 0) is 4.79 Å². The third-order valence-electron chi connectivity index (χ3n) is 4.73. The molecule has 0 fully saturated rings. The Labute approximate surface area is 175 Å². The average molecular weight is 410 g/mol. The molecule has 1 N–H and O–H groups in total. The van der Waals surface area contributed by atoms with Crippen molar-refractivity contribution in [1.29, 1.82) is 0 Å². The lowest BCUT2D eigenvalue weighted by molar-refractivity contribution is -0.118. The molecule has 29 heavy (non-hydrogen) atoms. The van der Waals surface area contributed by atoms with Gasteiger partial charge in [-0.1, -0.05) is 69.3 Å². The van der Waals surface area contributed by atoms with Crippen molar-refractivity contribution >= 4 is 28.6 Å². The molecule has 0 spiro atoms. The molecular weight excluding hydrogens is 382 g/mol. The summed E-state index contributed by atoms with van der Waals surface area (Å²) in [4.78, 5) is 30.3. The average Bonchev–Trinajstić information content (AvgIpc) is 2.72. The maximum absolute atomic E-state index is 13.4. The van der Waals surface area contributed by atoms with E-state index in [2.05, 4.69) is 26.1 Å². The van der Waals surface area contributed by atoms with Gasteiger partial charge in [-0.2, -0.15) is 0 Å². The van der Waals surface area contributed by atoms with Crippen LogP contribution >= 0.6 is 11.8 Å². The topological polar surface area (TPSA) is 64.0 Å².